The van der Waals surface area contributed by atoms with E-state index in [1.165, 1.54) is 18.3 Å². The van der Waals surface area contributed by atoms with E-state index in [0.717, 1.165) is 5.56 Å². The molecule has 0 fully saturated rings. The molecular weight excluding hydrogens is 337 g/mol. The van der Waals surface area contributed by atoms with Crippen molar-refractivity contribution < 1.29 is 9.59 Å². The van der Waals surface area contributed by atoms with Crippen molar-refractivity contribution in [1.82, 2.24) is 10.7 Å². The maximum atomic E-state index is 11.9. The molecule has 2 aromatic carbocycles. The van der Waals surface area contributed by atoms with E-state index in [1.54, 1.807) is 6.07 Å². The Labute approximate surface area is 143 Å². The molecule has 0 atom stereocenters. The van der Waals surface area contributed by atoms with Crippen LogP contribution in [-0.2, 0) is 4.79 Å². The highest BCUT2D eigenvalue weighted by molar-refractivity contribution is 6.36. The first-order valence-electron chi connectivity index (χ1n) is 6.66. The molecule has 0 saturated carbocycles. The Bertz CT molecular complexity index is 733. The maximum Gasteiger partial charge on any atom is 0.259 e. The zero-order chi connectivity index (χ0) is 16.7. The number of carbonyl (C=O) groups excluding carboxylic acids is 2. The Morgan fingerprint density at radius 1 is 1.09 bits per heavy atom. The monoisotopic (exact) mass is 349 g/mol. The number of hydrogen-bond donors (Lipinski definition) is 2. The van der Waals surface area contributed by atoms with Crippen molar-refractivity contribution in [2.45, 2.75) is 0 Å². The van der Waals surface area contributed by atoms with Gasteiger partial charge in [0.2, 0.25) is 0 Å². The predicted octanol–water partition coefficient (Wildman–Crippen LogP) is 2.87. The summed E-state index contributed by atoms with van der Waals surface area (Å²) in [6.45, 7) is -0.218. The highest BCUT2D eigenvalue weighted by Gasteiger charge is 2.11. The summed E-state index contributed by atoms with van der Waals surface area (Å²) in [5.41, 5.74) is 3.42. The molecule has 0 spiro atoms. The van der Waals surface area contributed by atoms with Gasteiger partial charge in [-0.3, -0.25) is 9.59 Å². The van der Waals surface area contributed by atoms with Gasteiger partial charge in [-0.1, -0.05) is 53.5 Å². The minimum atomic E-state index is -0.464. The second-order valence-corrected chi connectivity index (χ2v) is 5.35. The third-order valence-corrected chi connectivity index (χ3v) is 3.34. The van der Waals surface area contributed by atoms with Crippen LogP contribution in [0.15, 0.2) is 53.6 Å². The number of benzene rings is 2. The number of nitrogens with zero attached hydrogens (tertiary/aromatic N) is 1. The number of hydrogen-bond acceptors (Lipinski definition) is 3. The van der Waals surface area contributed by atoms with E-state index in [4.69, 9.17) is 23.2 Å². The van der Waals surface area contributed by atoms with Crippen molar-refractivity contribution in [3.05, 3.63) is 69.7 Å². The quantitative estimate of drug-likeness (QED) is 0.643. The van der Waals surface area contributed by atoms with Gasteiger partial charge in [0.05, 0.1) is 23.3 Å². The average molecular weight is 350 g/mol. The first kappa shape index (κ1) is 17.0. The zero-order valence-electron chi connectivity index (χ0n) is 11.9. The zero-order valence-corrected chi connectivity index (χ0v) is 13.4. The molecule has 2 rings (SSSR count). The second-order valence-electron chi connectivity index (χ2n) is 4.51. The highest BCUT2D eigenvalue weighted by Crippen LogP contribution is 2.20. The van der Waals surface area contributed by atoms with Crippen LogP contribution in [0.1, 0.15) is 15.9 Å². The number of hydrazone groups is 1. The summed E-state index contributed by atoms with van der Waals surface area (Å²) in [6, 6.07) is 13.8. The van der Waals surface area contributed by atoms with Gasteiger partial charge < -0.3 is 5.32 Å². The van der Waals surface area contributed by atoms with Crippen molar-refractivity contribution >= 4 is 41.2 Å². The van der Waals surface area contributed by atoms with Gasteiger partial charge in [0.25, 0.3) is 11.8 Å². The Morgan fingerprint density at radius 3 is 2.52 bits per heavy atom. The fourth-order valence-corrected chi connectivity index (χ4v) is 2.18. The van der Waals surface area contributed by atoms with E-state index in [-0.39, 0.29) is 17.1 Å². The lowest BCUT2D eigenvalue weighted by Crippen LogP contribution is -2.35. The van der Waals surface area contributed by atoms with Gasteiger partial charge in [-0.25, -0.2) is 5.43 Å². The lowest BCUT2D eigenvalue weighted by molar-refractivity contribution is -0.120. The summed E-state index contributed by atoms with van der Waals surface area (Å²) >= 11 is 11.7. The first-order valence-corrected chi connectivity index (χ1v) is 7.42. The average Bonchev–Trinajstić information content (AvgIpc) is 2.53. The van der Waals surface area contributed by atoms with Gasteiger partial charge in [-0.05, 0) is 23.8 Å². The molecule has 5 nitrogen and oxygen atoms in total. The third-order valence-electron chi connectivity index (χ3n) is 2.79. The lowest BCUT2D eigenvalue weighted by atomic mass is 10.2. The fraction of sp³-hybridized carbons (Fsp3) is 0.0625. The number of amides is 2. The number of halogens is 2. The predicted molar refractivity (Wildman–Crippen MR) is 91.0 cm³/mol. The van der Waals surface area contributed by atoms with Crippen LogP contribution in [0.25, 0.3) is 0 Å². The summed E-state index contributed by atoms with van der Waals surface area (Å²) in [6.07, 6.45) is 1.51. The molecule has 0 aromatic heterocycles. The SMILES string of the molecule is O=C(CNC(=O)c1ccc(Cl)cc1Cl)NN=Cc1ccccc1. The van der Waals surface area contributed by atoms with Gasteiger partial charge in [-0.15, -0.1) is 0 Å². The molecule has 0 aliphatic rings. The van der Waals surface area contributed by atoms with Crippen molar-refractivity contribution in [3.63, 3.8) is 0 Å². The molecule has 2 N–H and O–H groups in total. The van der Waals surface area contributed by atoms with Crippen LogP contribution >= 0.6 is 23.2 Å². The van der Waals surface area contributed by atoms with Crippen LogP contribution < -0.4 is 10.7 Å². The third kappa shape index (κ3) is 5.39. The number of carbonyl (C=O) groups is 2. The van der Waals surface area contributed by atoms with Crippen LogP contribution in [0.4, 0.5) is 0 Å². The van der Waals surface area contributed by atoms with Gasteiger partial charge in [0, 0.05) is 5.02 Å². The van der Waals surface area contributed by atoms with Crippen LogP contribution in [-0.4, -0.2) is 24.6 Å². The molecule has 0 aliphatic heterocycles. The summed E-state index contributed by atoms with van der Waals surface area (Å²) < 4.78 is 0. The van der Waals surface area contributed by atoms with E-state index in [9.17, 15) is 9.59 Å². The summed E-state index contributed by atoms with van der Waals surface area (Å²) in [4.78, 5) is 23.5. The molecule has 0 heterocycles. The molecule has 0 radical (unpaired) electrons. The minimum absolute atomic E-state index is 0.218. The lowest BCUT2D eigenvalue weighted by Gasteiger charge is -2.06. The molecule has 0 bridgehead atoms. The summed E-state index contributed by atoms with van der Waals surface area (Å²) in [5.74, 6) is -0.913. The van der Waals surface area contributed by atoms with Crippen molar-refractivity contribution in [2.24, 2.45) is 5.10 Å². The smallest absolute Gasteiger partial charge is 0.259 e. The Kier molecular flexibility index (Phi) is 6.14. The van der Waals surface area contributed by atoms with Crippen molar-refractivity contribution in [3.8, 4) is 0 Å². The minimum Gasteiger partial charge on any atom is -0.343 e. The van der Waals surface area contributed by atoms with Crippen molar-refractivity contribution in [2.75, 3.05) is 6.54 Å². The number of nitrogens with one attached hydrogen (secondary N) is 2. The summed E-state index contributed by atoms with van der Waals surface area (Å²) in [7, 11) is 0. The standard InChI is InChI=1S/C16H13Cl2N3O2/c17-12-6-7-13(14(18)8-12)16(23)19-10-15(22)21-20-9-11-4-2-1-3-5-11/h1-9H,10H2,(H,19,23)(H,21,22). The van der Waals surface area contributed by atoms with Crippen LogP contribution in [0.3, 0.4) is 0 Å². The Balaban J connectivity index is 1.82. The largest absolute Gasteiger partial charge is 0.343 e. The van der Waals surface area contributed by atoms with Gasteiger partial charge in [0.15, 0.2) is 0 Å². The molecule has 0 unspecified atom stereocenters. The van der Waals surface area contributed by atoms with Crippen LogP contribution in [0.2, 0.25) is 10.0 Å². The first-order chi connectivity index (χ1) is 11.1. The van der Waals surface area contributed by atoms with E-state index < -0.39 is 11.8 Å². The topological polar surface area (TPSA) is 70.6 Å². The van der Waals surface area contributed by atoms with Gasteiger partial charge in [-0.2, -0.15) is 5.10 Å². The van der Waals surface area contributed by atoms with E-state index in [2.05, 4.69) is 15.8 Å². The van der Waals surface area contributed by atoms with E-state index in [1.807, 2.05) is 30.3 Å². The van der Waals surface area contributed by atoms with Crippen LogP contribution in [0, 0.1) is 0 Å². The van der Waals surface area contributed by atoms with Gasteiger partial charge in [0.1, 0.15) is 0 Å². The molecular formula is C16H13Cl2N3O2. The molecule has 0 aliphatic carbocycles. The molecule has 118 valence electrons. The molecule has 2 amide bonds. The van der Waals surface area contributed by atoms with E-state index in [0.29, 0.717) is 5.02 Å². The Hall–Kier alpha value is -2.37. The molecule has 2 aromatic rings. The molecule has 7 heteroatoms. The normalized spacial score (nSPS) is 10.5. The van der Waals surface area contributed by atoms with Gasteiger partial charge >= 0.3 is 0 Å². The molecule has 23 heavy (non-hydrogen) atoms. The number of rotatable bonds is 5. The maximum absolute atomic E-state index is 11.9. The Morgan fingerprint density at radius 2 is 1.83 bits per heavy atom. The molecule has 0 saturated heterocycles. The summed E-state index contributed by atoms with van der Waals surface area (Å²) in [5, 5.41) is 6.91. The van der Waals surface area contributed by atoms with E-state index >= 15 is 0 Å². The highest BCUT2D eigenvalue weighted by atomic mass is 35.5. The second kappa shape index (κ2) is 8.31. The van der Waals surface area contributed by atoms with Crippen LogP contribution in [0.5, 0.6) is 0 Å². The fourth-order valence-electron chi connectivity index (χ4n) is 1.69. The van der Waals surface area contributed by atoms with Crippen molar-refractivity contribution in [1.29, 1.82) is 0 Å².